The number of carbonyl (C=O) groups excluding carboxylic acids is 1. The highest BCUT2D eigenvalue weighted by atomic mass is 32.1. The van der Waals surface area contributed by atoms with E-state index >= 15 is 0 Å². The molecule has 0 aromatic carbocycles. The predicted molar refractivity (Wildman–Crippen MR) is 78.0 cm³/mol. The number of aliphatic hydroxyl groups is 1. The molecule has 2 N–H and O–H groups in total. The first-order chi connectivity index (χ1) is 8.99. The monoisotopic (exact) mass is 281 g/mol. The van der Waals surface area contributed by atoms with Gasteiger partial charge in [-0.05, 0) is 48.1 Å². The average molecular weight is 281 g/mol. The van der Waals surface area contributed by atoms with E-state index in [1.165, 1.54) is 6.42 Å². The smallest absolute Gasteiger partial charge is 0.223 e. The molecule has 2 rings (SSSR count). The van der Waals surface area contributed by atoms with E-state index in [0.29, 0.717) is 5.92 Å². The lowest BCUT2D eigenvalue weighted by Crippen LogP contribution is -2.41. The molecule has 19 heavy (non-hydrogen) atoms. The number of amides is 1. The Morgan fingerprint density at radius 2 is 2.37 bits per heavy atom. The molecule has 1 amide bonds. The maximum absolute atomic E-state index is 12.1. The van der Waals surface area contributed by atoms with E-state index in [1.807, 2.05) is 16.8 Å². The highest BCUT2D eigenvalue weighted by Gasteiger charge is 2.28. The van der Waals surface area contributed by atoms with Crippen molar-refractivity contribution in [2.45, 2.75) is 45.1 Å². The predicted octanol–water partition coefficient (Wildman–Crippen LogP) is 2.90. The Bertz CT molecular complexity index is 414. The van der Waals surface area contributed by atoms with Crippen LogP contribution in [0, 0.1) is 11.8 Å². The highest BCUT2D eigenvalue weighted by Crippen LogP contribution is 2.29. The molecule has 1 aliphatic carbocycles. The lowest BCUT2D eigenvalue weighted by atomic mass is 9.82. The Kier molecular flexibility index (Phi) is 4.63. The molecule has 0 aliphatic heterocycles. The molecule has 0 radical (unpaired) electrons. The zero-order chi connectivity index (χ0) is 13.9. The summed E-state index contributed by atoms with van der Waals surface area (Å²) in [4.78, 5) is 12.1. The van der Waals surface area contributed by atoms with Gasteiger partial charge in [-0.1, -0.05) is 19.8 Å². The van der Waals surface area contributed by atoms with Crippen molar-refractivity contribution in [1.82, 2.24) is 5.32 Å². The normalized spacial score (nSPS) is 26.7. The summed E-state index contributed by atoms with van der Waals surface area (Å²) in [7, 11) is 0. The topological polar surface area (TPSA) is 49.3 Å². The molecular formula is C15H23NO2S. The Hall–Kier alpha value is -0.870. The van der Waals surface area contributed by atoms with Gasteiger partial charge in [0.15, 0.2) is 0 Å². The summed E-state index contributed by atoms with van der Waals surface area (Å²) < 4.78 is 0. The molecule has 0 spiro atoms. The van der Waals surface area contributed by atoms with Crippen molar-refractivity contribution < 1.29 is 9.90 Å². The Morgan fingerprint density at radius 3 is 3.00 bits per heavy atom. The summed E-state index contributed by atoms with van der Waals surface area (Å²) >= 11 is 1.56. The van der Waals surface area contributed by atoms with Gasteiger partial charge in [-0.15, -0.1) is 0 Å². The Labute approximate surface area is 119 Å². The van der Waals surface area contributed by atoms with Crippen LogP contribution in [0.2, 0.25) is 0 Å². The number of thiophene rings is 1. The summed E-state index contributed by atoms with van der Waals surface area (Å²) in [5, 5.41) is 17.1. The lowest BCUT2D eigenvalue weighted by molar-refractivity contribution is -0.127. The summed E-state index contributed by atoms with van der Waals surface area (Å²) in [5.74, 6) is 0.867. The second-order valence-corrected chi connectivity index (χ2v) is 6.75. The van der Waals surface area contributed by atoms with E-state index in [2.05, 4.69) is 12.2 Å². The first-order valence-electron chi connectivity index (χ1n) is 7.02. The van der Waals surface area contributed by atoms with Crippen molar-refractivity contribution in [3.8, 4) is 0 Å². The average Bonchev–Trinajstić information content (AvgIpc) is 2.90. The fourth-order valence-electron chi connectivity index (χ4n) is 2.75. The molecule has 3 unspecified atom stereocenters. The minimum absolute atomic E-state index is 0.0991. The zero-order valence-corrected chi connectivity index (χ0v) is 12.5. The number of rotatable bonds is 4. The second-order valence-electron chi connectivity index (χ2n) is 5.97. The summed E-state index contributed by atoms with van der Waals surface area (Å²) in [6.45, 7) is 4.24. The van der Waals surface area contributed by atoms with Crippen LogP contribution in [0.5, 0.6) is 0 Å². The lowest BCUT2D eigenvalue weighted by Gasteiger charge is -2.28. The van der Waals surface area contributed by atoms with E-state index in [-0.39, 0.29) is 18.4 Å². The third-order valence-corrected chi connectivity index (χ3v) is 4.74. The van der Waals surface area contributed by atoms with Crippen LogP contribution in [-0.2, 0) is 10.4 Å². The zero-order valence-electron chi connectivity index (χ0n) is 11.7. The molecular weight excluding hydrogens is 258 g/mol. The first kappa shape index (κ1) is 14.5. The van der Waals surface area contributed by atoms with Crippen LogP contribution < -0.4 is 5.32 Å². The number of nitrogens with one attached hydrogen (secondary N) is 1. The van der Waals surface area contributed by atoms with E-state index in [1.54, 1.807) is 18.3 Å². The first-order valence-corrected chi connectivity index (χ1v) is 7.96. The van der Waals surface area contributed by atoms with Crippen LogP contribution in [0.3, 0.4) is 0 Å². The van der Waals surface area contributed by atoms with Crippen molar-refractivity contribution in [2.75, 3.05) is 6.54 Å². The van der Waals surface area contributed by atoms with Crippen molar-refractivity contribution >= 4 is 17.2 Å². The second kappa shape index (κ2) is 6.06. The van der Waals surface area contributed by atoms with Gasteiger partial charge in [-0.2, -0.15) is 11.3 Å². The molecule has 0 bridgehead atoms. The molecule has 106 valence electrons. The molecule has 3 nitrogen and oxygen atoms in total. The highest BCUT2D eigenvalue weighted by molar-refractivity contribution is 7.08. The third-order valence-electron chi connectivity index (χ3n) is 4.06. The molecule has 3 atom stereocenters. The maximum Gasteiger partial charge on any atom is 0.223 e. The van der Waals surface area contributed by atoms with E-state index in [9.17, 15) is 9.90 Å². The number of carbonyl (C=O) groups is 1. The number of hydrogen-bond acceptors (Lipinski definition) is 3. The standard InChI is InChI=1S/C15H23NO2S/c1-11-4-3-5-12(8-11)14(17)16-10-15(2,18)13-6-7-19-9-13/h6-7,9,11-12,18H,3-5,8,10H2,1-2H3,(H,16,17). The van der Waals surface area contributed by atoms with Crippen LogP contribution in [0.25, 0.3) is 0 Å². The number of hydrogen-bond donors (Lipinski definition) is 2. The molecule has 0 saturated heterocycles. The van der Waals surface area contributed by atoms with Crippen LogP contribution >= 0.6 is 11.3 Å². The van der Waals surface area contributed by atoms with Crippen LogP contribution in [0.15, 0.2) is 16.8 Å². The SMILES string of the molecule is CC1CCCC(C(=O)NCC(C)(O)c2ccsc2)C1. The summed E-state index contributed by atoms with van der Waals surface area (Å²) in [6.07, 6.45) is 4.33. The summed E-state index contributed by atoms with van der Waals surface area (Å²) in [5.41, 5.74) is -0.106. The van der Waals surface area contributed by atoms with Crippen molar-refractivity contribution in [1.29, 1.82) is 0 Å². The summed E-state index contributed by atoms with van der Waals surface area (Å²) in [6, 6.07) is 1.90. The quantitative estimate of drug-likeness (QED) is 0.891. The van der Waals surface area contributed by atoms with Gasteiger partial charge in [-0.3, -0.25) is 4.79 Å². The fourth-order valence-corrected chi connectivity index (χ4v) is 3.53. The van der Waals surface area contributed by atoms with E-state index in [4.69, 9.17) is 0 Å². The van der Waals surface area contributed by atoms with E-state index < -0.39 is 5.60 Å². The van der Waals surface area contributed by atoms with Gasteiger partial charge in [-0.25, -0.2) is 0 Å². The largest absolute Gasteiger partial charge is 0.384 e. The molecule has 1 heterocycles. The molecule has 1 aromatic heterocycles. The molecule has 1 aromatic rings. The fraction of sp³-hybridized carbons (Fsp3) is 0.667. The van der Waals surface area contributed by atoms with Crippen LogP contribution in [-0.4, -0.2) is 17.6 Å². The van der Waals surface area contributed by atoms with Crippen LogP contribution in [0.1, 0.15) is 45.1 Å². The Morgan fingerprint density at radius 1 is 1.58 bits per heavy atom. The van der Waals surface area contributed by atoms with Gasteiger partial charge < -0.3 is 10.4 Å². The van der Waals surface area contributed by atoms with Gasteiger partial charge in [0, 0.05) is 5.92 Å². The molecule has 4 heteroatoms. The minimum atomic E-state index is -0.976. The van der Waals surface area contributed by atoms with Crippen molar-refractivity contribution in [3.05, 3.63) is 22.4 Å². The third kappa shape index (κ3) is 3.80. The van der Waals surface area contributed by atoms with Gasteiger partial charge >= 0.3 is 0 Å². The van der Waals surface area contributed by atoms with Gasteiger partial charge in [0.05, 0.1) is 6.54 Å². The minimum Gasteiger partial charge on any atom is -0.384 e. The van der Waals surface area contributed by atoms with Gasteiger partial charge in [0.25, 0.3) is 0 Å². The van der Waals surface area contributed by atoms with Crippen molar-refractivity contribution in [2.24, 2.45) is 11.8 Å². The van der Waals surface area contributed by atoms with Crippen LogP contribution in [0.4, 0.5) is 0 Å². The van der Waals surface area contributed by atoms with Gasteiger partial charge in [0.1, 0.15) is 5.60 Å². The van der Waals surface area contributed by atoms with E-state index in [0.717, 1.165) is 24.8 Å². The molecule has 1 saturated carbocycles. The van der Waals surface area contributed by atoms with Crippen molar-refractivity contribution in [3.63, 3.8) is 0 Å². The maximum atomic E-state index is 12.1. The van der Waals surface area contributed by atoms with Gasteiger partial charge in [0.2, 0.25) is 5.91 Å². The molecule has 1 aliphatic rings. The molecule has 1 fully saturated rings. The Balaban J connectivity index is 1.86.